The molecule has 0 amide bonds. The molecule has 0 aliphatic rings. The Kier molecular flexibility index (Phi) is 3.61. The molecule has 1 aromatic heterocycles. The van der Waals surface area contributed by atoms with Crippen LogP contribution in [0, 0.1) is 0 Å². The molecule has 2 rings (SSSR count). The van der Waals surface area contributed by atoms with Crippen molar-refractivity contribution in [2.75, 3.05) is 7.05 Å². The minimum Gasteiger partial charge on any atom is -0.308 e. The highest BCUT2D eigenvalue weighted by atomic mass is 19.4. The quantitative estimate of drug-likeness (QED) is 0.928. The van der Waals surface area contributed by atoms with Gasteiger partial charge in [-0.2, -0.15) is 18.3 Å². The van der Waals surface area contributed by atoms with E-state index in [1.165, 1.54) is 12.1 Å². The number of rotatable bonds is 3. The second-order valence-electron chi connectivity index (χ2n) is 4.22. The normalized spacial score (nSPS) is 13.5. The number of aryl methyl sites for hydroxylation is 1. The summed E-state index contributed by atoms with van der Waals surface area (Å²) < 4.78 is 39.2. The van der Waals surface area contributed by atoms with E-state index in [-0.39, 0.29) is 6.04 Å². The van der Waals surface area contributed by atoms with Crippen molar-refractivity contribution in [3.05, 3.63) is 53.3 Å². The molecule has 0 spiro atoms. The monoisotopic (exact) mass is 269 g/mol. The van der Waals surface area contributed by atoms with Crippen molar-refractivity contribution in [1.29, 1.82) is 0 Å². The number of nitrogens with zero attached hydrogens (tertiary/aromatic N) is 2. The molecular weight excluding hydrogens is 255 g/mol. The number of halogens is 3. The van der Waals surface area contributed by atoms with Crippen LogP contribution in [0.5, 0.6) is 0 Å². The smallest absolute Gasteiger partial charge is 0.308 e. The number of hydrogen-bond donors (Lipinski definition) is 1. The Labute approximate surface area is 109 Å². The molecule has 0 aliphatic carbocycles. The molecule has 0 radical (unpaired) electrons. The topological polar surface area (TPSA) is 29.9 Å². The number of benzene rings is 1. The third kappa shape index (κ3) is 2.78. The van der Waals surface area contributed by atoms with Gasteiger partial charge in [0.2, 0.25) is 0 Å². The van der Waals surface area contributed by atoms with Gasteiger partial charge in [0.15, 0.2) is 0 Å². The van der Waals surface area contributed by atoms with E-state index in [1.54, 1.807) is 25.0 Å². The van der Waals surface area contributed by atoms with Gasteiger partial charge in [-0.25, -0.2) is 0 Å². The zero-order chi connectivity index (χ0) is 14.0. The second kappa shape index (κ2) is 5.05. The van der Waals surface area contributed by atoms with E-state index in [4.69, 9.17) is 0 Å². The predicted octanol–water partition coefficient (Wildman–Crippen LogP) is 2.75. The van der Waals surface area contributed by atoms with Crippen LogP contribution in [0.4, 0.5) is 13.2 Å². The van der Waals surface area contributed by atoms with E-state index >= 15 is 0 Å². The molecule has 0 fully saturated rings. The minimum atomic E-state index is -4.31. The van der Waals surface area contributed by atoms with Crippen molar-refractivity contribution in [3.63, 3.8) is 0 Å². The molecule has 1 unspecified atom stereocenters. The van der Waals surface area contributed by atoms with Gasteiger partial charge in [0.05, 0.1) is 17.3 Å². The number of alkyl halides is 3. The van der Waals surface area contributed by atoms with Gasteiger partial charge in [-0.1, -0.05) is 12.1 Å². The third-order valence-electron chi connectivity index (χ3n) is 3.01. The highest BCUT2D eigenvalue weighted by Gasteiger charge is 2.30. The summed E-state index contributed by atoms with van der Waals surface area (Å²) in [6, 6.07) is 6.80. The number of aromatic nitrogens is 2. The van der Waals surface area contributed by atoms with Gasteiger partial charge >= 0.3 is 6.18 Å². The summed E-state index contributed by atoms with van der Waals surface area (Å²) in [5.41, 5.74) is 1.01. The van der Waals surface area contributed by atoms with E-state index < -0.39 is 11.7 Å². The van der Waals surface area contributed by atoms with Crippen molar-refractivity contribution in [1.82, 2.24) is 15.1 Å². The van der Waals surface area contributed by atoms with E-state index in [1.807, 2.05) is 6.07 Å². The van der Waals surface area contributed by atoms with Gasteiger partial charge in [-0.05, 0) is 30.8 Å². The van der Waals surface area contributed by atoms with Crippen LogP contribution < -0.4 is 5.32 Å². The highest BCUT2D eigenvalue weighted by Crippen LogP contribution is 2.30. The van der Waals surface area contributed by atoms with Crippen LogP contribution in [-0.2, 0) is 13.2 Å². The molecular formula is C13H14F3N3. The standard InChI is InChI=1S/C13H14F3N3/c1-17-12(11-7-8-18-19(11)2)9-3-5-10(6-4-9)13(14,15)16/h3-8,12,17H,1-2H3. The fourth-order valence-electron chi connectivity index (χ4n) is 2.02. The highest BCUT2D eigenvalue weighted by molar-refractivity contribution is 5.31. The first-order chi connectivity index (χ1) is 8.93. The average Bonchev–Trinajstić information content (AvgIpc) is 2.76. The summed E-state index contributed by atoms with van der Waals surface area (Å²) in [6.07, 6.45) is -2.65. The van der Waals surface area contributed by atoms with Crippen LogP contribution in [0.2, 0.25) is 0 Å². The zero-order valence-corrected chi connectivity index (χ0v) is 10.6. The van der Waals surface area contributed by atoms with Crippen molar-refractivity contribution >= 4 is 0 Å². The maximum atomic E-state index is 12.5. The van der Waals surface area contributed by atoms with Crippen LogP contribution in [0.3, 0.4) is 0 Å². The first-order valence-corrected chi connectivity index (χ1v) is 5.76. The van der Waals surface area contributed by atoms with Gasteiger partial charge in [0, 0.05) is 13.2 Å². The molecule has 1 heterocycles. The molecule has 0 aliphatic heterocycles. The Morgan fingerprint density at radius 1 is 1.16 bits per heavy atom. The molecule has 1 N–H and O–H groups in total. The second-order valence-corrected chi connectivity index (χ2v) is 4.22. The van der Waals surface area contributed by atoms with E-state index in [0.29, 0.717) is 0 Å². The molecule has 3 nitrogen and oxygen atoms in total. The Hall–Kier alpha value is -1.82. The lowest BCUT2D eigenvalue weighted by Crippen LogP contribution is -2.20. The fourth-order valence-corrected chi connectivity index (χ4v) is 2.02. The Morgan fingerprint density at radius 2 is 1.79 bits per heavy atom. The van der Waals surface area contributed by atoms with Crippen LogP contribution in [0.1, 0.15) is 22.9 Å². The van der Waals surface area contributed by atoms with E-state index in [2.05, 4.69) is 10.4 Å². The molecule has 19 heavy (non-hydrogen) atoms. The van der Waals surface area contributed by atoms with Gasteiger partial charge in [-0.15, -0.1) is 0 Å². The van der Waals surface area contributed by atoms with Crippen LogP contribution in [0.25, 0.3) is 0 Å². The Bertz CT molecular complexity index is 543. The lowest BCUT2D eigenvalue weighted by Gasteiger charge is -2.17. The molecule has 1 atom stereocenters. The van der Waals surface area contributed by atoms with Crippen molar-refractivity contribution in [2.45, 2.75) is 12.2 Å². The lowest BCUT2D eigenvalue weighted by molar-refractivity contribution is -0.137. The summed E-state index contributed by atoms with van der Waals surface area (Å²) in [6.45, 7) is 0. The third-order valence-corrected chi connectivity index (χ3v) is 3.01. The largest absolute Gasteiger partial charge is 0.416 e. The summed E-state index contributed by atoms with van der Waals surface area (Å²) in [5.74, 6) is 0. The molecule has 1 aromatic carbocycles. The molecule has 6 heteroatoms. The van der Waals surface area contributed by atoms with Crippen molar-refractivity contribution in [2.24, 2.45) is 7.05 Å². The van der Waals surface area contributed by atoms with Crippen molar-refractivity contribution in [3.8, 4) is 0 Å². The molecule has 0 saturated carbocycles. The summed E-state index contributed by atoms with van der Waals surface area (Å²) in [4.78, 5) is 0. The van der Waals surface area contributed by atoms with Crippen LogP contribution in [-0.4, -0.2) is 16.8 Å². The summed E-state index contributed by atoms with van der Waals surface area (Å²) >= 11 is 0. The maximum Gasteiger partial charge on any atom is 0.416 e. The predicted molar refractivity (Wildman–Crippen MR) is 65.6 cm³/mol. The molecule has 0 bridgehead atoms. The number of hydrogen-bond acceptors (Lipinski definition) is 2. The Morgan fingerprint density at radius 3 is 2.21 bits per heavy atom. The van der Waals surface area contributed by atoms with Crippen LogP contribution >= 0.6 is 0 Å². The summed E-state index contributed by atoms with van der Waals surface area (Å²) in [5, 5.41) is 7.14. The zero-order valence-electron chi connectivity index (χ0n) is 10.6. The van der Waals surface area contributed by atoms with Gasteiger partial charge in [0.25, 0.3) is 0 Å². The van der Waals surface area contributed by atoms with Gasteiger partial charge in [0.1, 0.15) is 0 Å². The summed E-state index contributed by atoms with van der Waals surface area (Å²) in [7, 11) is 3.55. The van der Waals surface area contributed by atoms with Gasteiger partial charge < -0.3 is 5.32 Å². The lowest BCUT2D eigenvalue weighted by atomic mass is 10.0. The van der Waals surface area contributed by atoms with Crippen LogP contribution in [0.15, 0.2) is 36.5 Å². The molecule has 2 aromatic rings. The van der Waals surface area contributed by atoms with E-state index in [9.17, 15) is 13.2 Å². The first-order valence-electron chi connectivity index (χ1n) is 5.76. The SMILES string of the molecule is CNC(c1ccc(C(F)(F)F)cc1)c1ccnn1C. The minimum absolute atomic E-state index is 0.185. The van der Waals surface area contributed by atoms with Gasteiger partial charge in [-0.3, -0.25) is 4.68 Å². The van der Waals surface area contributed by atoms with Crippen molar-refractivity contribution < 1.29 is 13.2 Å². The maximum absolute atomic E-state index is 12.5. The number of nitrogens with one attached hydrogen (secondary N) is 1. The Balaban J connectivity index is 2.33. The van der Waals surface area contributed by atoms with E-state index in [0.717, 1.165) is 23.4 Å². The average molecular weight is 269 g/mol. The fraction of sp³-hybridized carbons (Fsp3) is 0.308. The first kappa shape index (κ1) is 13.6. The molecule has 0 saturated heterocycles. The molecule has 102 valence electrons.